The summed E-state index contributed by atoms with van der Waals surface area (Å²) in [5.74, 6) is -6.33. The SMILES string of the molecule is CC[C@H](C)[C@H](NC(=O)[C@@H](NC(=O)[C@@H]1CCCN1C(=O)[C@H](CCCCN)NC(=O)[C@@H]1CCCN1C(=O)CNC(=O)[C@@H](N)CCCN=C(N)N)[C@@H](C)CC)C(=O)N[C@H](C(=O)O)C(C)C. The van der Waals surface area contributed by atoms with E-state index in [1.807, 2.05) is 13.8 Å². The Balaban J connectivity index is 2.20. The van der Waals surface area contributed by atoms with E-state index < -0.39 is 95.5 Å². The molecular formula is C41H74N12O9. The lowest BCUT2D eigenvalue weighted by atomic mass is 9.94. The van der Waals surface area contributed by atoms with E-state index in [0.29, 0.717) is 70.9 Å². The quantitative estimate of drug-likeness (QED) is 0.0265. The Hall–Kier alpha value is -5.05. The molecular weight excluding hydrogens is 805 g/mol. The highest BCUT2D eigenvalue weighted by Gasteiger charge is 2.42. The van der Waals surface area contributed by atoms with E-state index in [1.54, 1.807) is 27.7 Å². The van der Waals surface area contributed by atoms with Crippen LogP contribution in [0.4, 0.5) is 0 Å². The van der Waals surface area contributed by atoms with Gasteiger partial charge in [0.15, 0.2) is 5.96 Å². The number of rotatable bonds is 26. The monoisotopic (exact) mass is 879 g/mol. The van der Waals surface area contributed by atoms with Crippen molar-refractivity contribution in [1.29, 1.82) is 0 Å². The molecule has 14 N–H and O–H groups in total. The summed E-state index contributed by atoms with van der Waals surface area (Å²) >= 11 is 0. The first kappa shape index (κ1) is 53.1. The molecule has 2 rings (SSSR count). The summed E-state index contributed by atoms with van der Waals surface area (Å²) in [6.07, 6.45) is 4.66. The van der Waals surface area contributed by atoms with Crippen molar-refractivity contribution < 1.29 is 43.5 Å². The van der Waals surface area contributed by atoms with Gasteiger partial charge in [-0.25, -0.2) is 4.79 Å². The van der Waals surface area contributed by atoms with Gasteiger partial charge >= 0.3 is 5.97 Å². The van der Waals surface area contributed by atoms with Crippen LogP contribution in [0.5, 0.6) is 0 Å². The second-order valence-corrected chi connectivity index (χ2v) is 16.9. The molecule has 9 atom stereocenters. The summed E-state index contributed by atoms with van der Waals surface area (Å²) in [4.78, 5) is 114. The molecule has 62 heavy (non-hydrogen) atoms. The fourth-order valence-corrected chi connectivity index (χ4v) is 7.56. The Bertz CT molecular complexity index is 1580. The van der Waals surface area contributed by atoms with E-state index in [9.17, 15) is 43.5 Å². The lowest BCUT2D eigenvalue weighted by molar-refractivity contribution is -0.144. The number of amides is 7. The van der Waals surface area contributed by atoms with Crippen molar-refractivity contribution in [2.75, 3.05) is 32.7 Å². The van der Waals surface area contributed by atoms with Crippen LogP contribution < -0.4 is 49.5 Å². The summed E-state index contributed by atoms with van der Waals surface area (Å²) in [5.41, 5.74) is 22.3. The molecule has 21 nitrogen and oxygen atoms in total. The third-order valence-corrected chi connectivity index (χ3v) is 11.8. The number of aliphatic carboxylic acids is 1. The van der Waals surface area contributed by atoms with Crippen molar-refractivity contribution in [3.63, 3.8) is 0 Å². The number of nitrogens with zero attached hydrogens (tertiary/aromatic N) is 3. The van der Waals surface area contributed by atoms with Crippen LogP contribution in [0.3, 0.4) is 0 Å². The van der Waals surface area contributed by atoms with Gasteiger partial charge in [-0.1, -0.05) is 54.4 Å². The molecule has 0 spiro atoms. The smallest absolute Gasteiger partial charge is 0.326 e. The average molecular weight is 879 g/mol. The number of nitrogens with one attached hydrogen (secondary N) is 5. The van der Waals surface area contributed by atoms with E-state index in [-0.39, 0.29) is 50.3 Å². The molecule has 2 aliphatic heterocycles. The average Bonchev–Trinajstić information content (AvgIpc) is 3.94. The molecule has 2 saturated heterocycles. The van der Waals surface area contributed by atoms with Gasteiger partial charge in [0.2, 0.25) is 41.4 Å². The zero-order chi connectivity index (χ0) is 46.7. The molecule has 0 aromatic rings. The van der Waals surface area contributed by atoms with Crippen LogP contribution in [0.25, 0.3) is 0 Å². The van der Waals surface area contributed by atoms with Crippen LogP contribution in [0.2, 0.25) is 0 Å². The first-order chi connectivity index (χ1) is 29.3. The van der Waals surface area contributed by atoms with Crippen LogP contribution in [-0.2, 0) is 38.4 Å². The van der Waals surface area contributed by atoms with Crippen molar-refractivity contribution in [1.82, 2.24) is 36.4 Å². The topological polar surface area (TPSA) is 340 Å². The van der Waals surface area contributed by atoms with Gasteiger partial charge in [0.05, 0.1) is 12.6 Å². The number of carbonyl (C=O) groups excluding carboxylic acids is 7. The second kappa shape index (κ2) is 26.4. The Morgan fingerprint density at radius 2 is 1.24 bits per heavy atom. The lowest BCUT2D eigenvalue weighted by Crippen LogP contribution is -2.61. The van der Waals surface area contributed by atoms with Crippen LogP contribution in [0, 0.1) is 17.8 Å². The van der Waals surface area contributed by atoms with Crippen LogP contribution in [0.1, 0.15) is 112 Å². The number of likely N-dealkylation sites (tertiary alicyclic amines) is 2. The molecule has 0 aromatic carbocycles. The zero-order valence-electron chi connectivity index (χ0n) is 37.5. The molecule has 7 amide bonds. The maximum absolute atomic E-state index is 14.3. The summed E-state index contributed by atoms with van der Waals surface area (Å²) in [6.45, 7) is 11.3. The molecule has 0 aromatic heterocycles. The van der Waals surface area contributed by atoms with E-state index in [1.165, 1.54) is 9.80 Å². The number of nitrogens with two attached hydrogens (primary N) is 4. The van der Waals surface area contributed by atoms with Crippen molar-refractivity contribution in [2.24, 2.45) is 45.7 Å². The van der Waals surface area contributed by atoms with Crippen LogP contribution in [-0.4, -0.2) is 143 Å². The van der Waals surface area contributed by atoms with Gasteiger partial charge in [-0.2, -0.15) is 0 Å². The van der Waals surface area contributed by atoms with Gasteiger partial charge in [0.1, 0.15) is 36.3 Å². The molecule has 352 valence electrons. The van der Waals surface area contributed by atoms with Gasteiger partial charge in [-0.05, 0) is 82.1 Å². The van der Waals surface area contributed by atoms with Gasteiger partial charge in [-0.3, -0.25) is 38.6 Å². The number of hydrogen-bond donors (Lipinski definition) is 10. The van der Waals surface area contributed by atoms with Crippen molar-refractivity contribution in [3.8, 4) is 0 Å². The minimum atomic E-state index is -1.20. The molecule has 21 heteroatoms. The zero-order valence-corrected chi connectivity index (χ0v) is 37.5. The Morgan fingerprint density at radius 3 is 1.77 bits per heavy atom. The van der Waals surface area contributed by atoms with Crippen LogP contribution in [0.15, 0.2) is 4.99 Å². The predicted octanol–water partition coefficient (Wildman–Crippen LogP) is -1.63. The summed E-state index contributed by atoms with van der Waals surface area (Å²) < 4.78 is 0. The number of aliphatic imine (C=N–C) groups is 1. The van der Waals surface area contributed by atoms with E-state index in [4.69, 9.17) is 22.9 Å². The first-order valence-electron chi connectivity index (χ1n) is 22.1. The van der Waals surface area contributed by atoms with Crippen molar-refractivity contribution in [3.05, 3.63) is 0 Å². The summed E-state index contributed by atoms with van der Waals surface area (Å²) in [7, 11) is 0. The highest BCUT2D eigenvalue weighted by atomic mass is 16.4. The number of carboxylic acids is 1. The summed E-state index contributed by atoms with van der Waals surface area (Å²) in [5, 5.41) is 23.2. The number of hydrogen-bond acceptors (Lipinski definition) is 11. The molecule has 0 bridgehead atoms. The van der Waals surface area contributed by atoms with Crippen molar-refractivity contribution >= 4 is 53.3 Å². The fourth-order valence-electron chi connectivity index (χ4n) is 7.56. The number of carbonyl (C=O) groups is 8. The molecule has 2 aliphatic rings. The van der Waals surface area contributed by atoms with Gasteiger partial charge in [0.25, 0.3) is 0 Å². The fraction of sp³-hybridized carbons (Fsp3) is 0.780. The normalized spacial score (nSPS) is 19.6. The molecule has 0 unspecified atom stereocenters. The maximum atomic E-state index is 14.3. The third kappa shape index (κ3) is 16.0. The highest BCUT2D eigenvalue weighted by molar-refractivity contribution is 5.97. The standard InChI is InChI=1S/C41H74N12O9/c1-7-24(5)32(38(59)51-33(25(6)8-2)37(58)49-31(23(3)4)40(61)62)50-36(57)29-17-13-21-53(29)39(60)27(15-9-10-18-42)48-35(56)28-16-12-20-52(28)30(54)22-47-34(55)26(43)14-11-19-46-41(44)45/h23-29,31-33H,7-22,42-43H2,1-6H3,(H,47,55)(H,48,56)(H,49,58)(H,50,57)(H,51,59)(H,61,62)(H4,44,45,46)/t24-,25-,26-,27-,28-,29-,31-,32-,33-/m0/s1. The Kier molecular flexibility index (Phi) is 22.6. The largest absolute Gasteiger partial charge is 0.480 e. The van der Waals surface area contributed by atoms with Gasteiger partial charge < -0.3 is 64.4 Å². The molecule has 2 fully saturated rings. The number of carboxylic acid groups (broad SMARTS) is 1. The van der Waals surface area contributed by atoms with E-state index >= 15 is 0 Å². The molecule has 0 radical (unpaired) electrons. The minimum absolute atomic E-state index is 0.0692. The highest BCUT2D eigenvalue weighted by Crippen LogP contribution is 2.23. The number of guanidine groups is 1. The predicted molar refractivity (Wildman–Crippen MR) is 232 cm³/mol. The number of unbranched alkanes of at least 4 members (excludes halogenated alkanes) is 1. The van der Waals surface area contributed by atoms with E-state index in [2.05, 4.69) is 31.6 Å². The third-order valence-electron chi connectivity index (χ3n) is 11.8. The molecule has 2 heterocycles. The van der Waals surface area contributed by atoms with Crippen molar-refractivity contribution in [2.45, 2.75) is 154 Å². The van der Waals surface area contributed by atoms with Gasteiger partial charge in [-0.15, -0.1) is 0 Å². The lowest BCUT2D eigenvalue weighted by Gasteiger charge is -2.33. The Labute approximate surface area is 365 Å². The van der Waals surface area contributed by atoms with Crippen LogP contribution >= 0.6 is 0 Å². The maximum Gasteiger partial charge on any atom is 0.326 e. The second-order valence-electron chi connectivity index (χ2n) is 16.9. The first-order valence-corrected chi connectivity index (χ1v) is 22.1. The van der Waals surface area contributed by atoms with E-state index in [0.717, 1.165) is 0 Å². The Morgan fingerprint density at radius 1 is 0.710 bits per heavy atom. The minimum Gasteiger partial charge on any atom is -0.480 e. The van der Waals surface area contributed by atoms with Gasteiger partial charge in [0, 0.05) is 19.6 Å². The molecule has 0 aliphatic carbocycles. The summed E-state index contributed by atoms with van der Waals surface area (Å²) in [6, 6.07) is -7.14. The molecule has 0 saturated carbocycles.